The van der Waals surface area contributed by atoms with Crippen LogP contribution in [0.25, 0.3) is 0 Å². The number of carboxylic acid groups (broad SMARTS) is 1. The average Bonchev–Trinajstić information content (AvgIpc) is 1.59. The van der Waals surface area contributed by atoms with E-state index in [1.807, 2.05) is 0 Å². The summed E-state index contributed by atoms with van der Waals surface area (Å²) in [4.78, 5) is 10.2. The second kappa shape index (κ2) is 3.37. The Kier molecular flexibility index (Phi) is 3.09. The maximum Gasteiger partial charge on any atom is 0.305 e. The molecule has 10 heavy (non-hydrogen) atoms. The normalized spacial score (nSPS) is 15.8. The largest absolute Gasteiger partial charge is 0.481 e. The molecule has 0 fully saturated rings. The fraction of sp³-hybridized carbons (Fsp3) is 0.571. The standard InChI is InChI=1S/C7H13NO2/c1-3-4-7(2,8)5-6(9)10/h3H,1,4-5,8H2,2H3,(H,9,10)/t7-/m0/s1. The molecule has 0 aliphatic rings. The minimum Gasteiger partial charge on any atom is -0.481 e. The van der Waals surface area contributed by atoms with Crippen molar-refractivity contribution in [1.29, 1.82) is 0 Å². The molecule has 0 aliphatic heterocycles. The molecule has 58 valence electrons. The van der Waals surface area contributed by atoms with E-state index in [2.05, 4.69) is 6.58 Å². The molecule has 3 nitrogen and oxygen atoms in total. The number of hydrogen-bond acceptors (Lipinski definition) is 2. The second-order valence-corrected chi connectivity index (χ2v) is 2.72. The van der Waals surface area contributed by atoms with Crippen molar-refractivity contribution >= 4 is 5.97 Å². The lowest BCUT2D eigenvalue weighted by Crippen LogP contribution is -2.37. The molecule has 0 aromatic rings. The van der Waals surface area contributed by atoms with Gasteiger partial charge in [0.1, 0.15) is 0 Å². The van der Waals surface area contributed by atoms with E-state index in [-0.39, 0.29) is 6.42 Å². The highest BCUT2D eigenvalue weighted by molar-refractivity contribution is 5.68. The second-order valence-electron chi connectivity index (χ2n) is 2.72. The number of hydrogen-bond donors (Lipinski definition) is 2. The lowest BCUT2D eigenvalue weighted by Gasteiger charge is -2.19. The summed E-state index contributed by atoms with van der Waals surface area (Å²) >= 11 is 0. The molecule has 0 saturated carbocycles. The summed E-state index contributed by atoms with van der Waals surface area (Å²) in [5.74, 6) is -0.869. The van der Waals surface area contributed by atoms with E-state index >= 15 is 0 Å². The summed E-state index contributed by atoms with van der Waals surface area (Å²) in [5, 5.41) is 8.36. The maximum absolute atomic E-state index is 10.2. The molecule has 0 radical (unpaired) electrons. The van der Waals surface area contributed by atoms with Gasteiger partial charge in [0, 0.05) is 5.54 Å². The number of rotatable bonds is 4. The Morgan fingerprint density at radius 3 is 2.70 bits per heavy atom. The molecule has 3 heteroatoms. The smallest absolute Gasteiger partial charge is 0.305 e. The molecule has 0 saturated heterocycles. The van der Waals surface area contributed by atoms with Crippen LogP contribution < -0.4 is 5.73 Å². The van der Waals surface area contributed by atoms with Crippen LogP contribution in [-0.4, -0.2) is 16.6 Å². The zero-order valence-corrected chi connectivity index (χ0v) is 6.13. The van der Waals surface area contributed by atoms with E-state index in [9.17, 15) is 4.79 Å². The van der Waals surface area contributed by atoms with Gasteiger partial charge in [-0.3, -0.25) is 4.79 Å². The van der Waals surface area contributed by atoms with Gasteiger partial charge < -0.3 is 10.8 Å². The Labute approximate surface area is 60.5 Å². The van der Waals surface area contributed by atoms with Crippen molar-refractivity contribution in [2.24, 2.45) is 5.73 Å². The highest BCUT2D eigenvalue weighted by Crippen LogP contribution is 2.10. The Bertz CT molecular complexity index is 141. The lowest BCUT2D eigenvalue weighted by atomic mass is 9.95. The van der Waals surface area contributed by atoms with Gasteiger partial charge in [0.15, 0.2) is 0 Å². The predicted molar refractivity (Wildman–Crippen MR) is 39.7 cm³/mol. The summed E-state index contributed by atoms with van der Waals surface area (Å²) in [5.41, 5.74) is 4.93. The quantitative estimate of drug-likeness (QED) is 0.571. The molecule has 0 rings (SSSR count). The molecular weight excluding hydrogens is 130 g/mol. The van der Waals surface area contributed by atoms with Crippen molar-refractivity contribution in [3.05, 3.63) is 12.7 Å². The molecule has 0 spiro atoms. The minimum atomic E-state index is -0.869. The van der Waals surface area contributed by atoms with Gasteiger partial charge in [-0.1, -0.05) is 6.08 Å². The molecule has 0 aromatic carbocycles. The summed E-state index contributed by atoms with van der Waals surface area (Å²) < 4.78 is 0. The van der Waals surface area contributed by atoms with Gasteiger partial charge in [-0.15, -0.1) is 6.58 Å². The summed E-state index contributed by atoms with van der Waals surface area (Å²) in [6, 6.07) is 0. The van der Waals surface area contributed by atoms with Crippen molar-refractivity contribution in [2.75, 3.05) is 0 Å². The number of aliphatic carboxylic acids is 1. The Hall–Kier alpha value is -0.830. The van der Waals surface area contributed by atoms with Crippen LogP contribution in [0.2, 0.25) is 0 Å². The fourth-order valence-electron chi connectivity index (χ4n) is 0.747. The van der Waals surface area contributed by atoms with Gasteiger partial charge in [-0.05, 0) is 13.3 Å². The van der Waals surface area contributed by atoms with Gasteiger partial charge in [0.25, 0.3) is 0 Å². The number of carbonyl (C=O) groups is 1. The first-order valence-corrected chi connectivity index (χ1v) is 3.09. The summed E-state index contributed by atoms with van der Waals surface area (Å²) in [6.07, 6.45) is 2.14. The van der Waals surface area contributed by atoms with Crippen molar-refractivity contribution in [2.45, 2.75) is 25.3 Å². The van der Waals surface area contributed by atoms with Gasteiger partial charge >= 0.3 is 5.97 Å². The Morgan fingerprint density at radius 2 is 2.40 bits per heavy atom. The zero-order chi connectivity index (χ0) is 8.20. The molecule has 0 amide bonds. The van der Waals surface area contributed by atoms with E-state index in [0.717, 1.165) is 0 Å². The van der Waals surface area contributed by atoms with Crippen LogP contribution in [0, 0.1) is 0 Å². The third kappa shape index (κ3) is 4.09. The predicted octanol–water partition coefficient (Wildman–Crippen LogP) is 0.755. The van der Waals surface area contributed by atoms with Gasteiger partial charge in [-0.2, -0.15) is 0 Å². The van der Waals surface area contributed by atoms with E-state index in [1.165, 1.54) is 0 Å². The highest BCUT2D eigenvalue weighted by Gasteiger charge is 2.19. The van der Waals surface area contributed by atoms with Crippen LogP contribution in [-0.2, 0) is 4.79 Å². The van der Waals surface area contributed by atoms with Crippen LogP contribution in [0.5, 0.6) is 0 Å². The molecule has 0 heterocycles. The zero-order valence-electron chi connectivity index (χ0n) is 6.13. The molecule has 1 atom stereocenters. The summed E-state index contributed by atoms with van der Waals surface area (Å²) in [6.45, 7) is 5.18. The third-order valence-electron chi connectivity index (χ3n) is 1.17. The number of carboxylic acids is 1. The van der Waals surface area contributed by atoms with E-state index in [0.29, 0.717) is 6.42 Å². The van der Waals surface area contributed by atoms with Crippen molar-refractivity contribution in [3.8, 4) is 0 Å². The van der Waals surface area contributed by atoms with Crippen molar-refractivity contribution in [3.63, 3.8) is 0 Å². The van der Waals surface area contributed by atoms with E-state index < -0.39 is 11.5 Å². The first kappa shape index (κ1) is 9.17. The monoisotopic (exact) mass is 143 g/mol. The van der Waals surface area contributed by atoms with E-state index in [4.69, 9.17) is 10.8 Å². The molecule has 0 bridgehead atoms. The van der Waals surface area contributed by atoms with Crippen LogP contribution in [0.1, 0.15) is 19.8 Å². The van der Waals surface area contributed by atoms with Gasteiger partial charge in [0.05, 0.1) is 6.42 Å². The minimum absolute atomic E-state index is 0.0149. The molecule has 0 aliphatic carbocycles. The molecule has 0 unspecified atom stereocenters. The average molecular weight is 143 g/mol. The van der Waals surface area contributed by atoms with Crippen LogP contribution >= 0.6 is 0 Å². The van der Waals surface area contributed by atoms with Gasteiger partial charge in [0.2, 0.25) is 0 Å². The van der Waals surface area contributed by atoms with Crippen LogP contribution in [0.3, 0.4) is 0 Å². The summed E-state index contributed by atoms with van der Waals surface area (Å²) in [7, 11) is 0. The highest BCUT2D eigenvalue weighted by atomic mass is 16.4. The number of nitrogens with two attached hydrogens (primary N) is 1. The van der Waals surface area contributed by atoms with Crippen molar-refractivity contribution in [1.82, 2.24) is 0 Å². The van der Waals surface area contributed by atoms with Crippen LogP contribution in [0.15, 0.2) is 12.7 Å². The van der Waals surface area contributed by atoms with Gasteiger partial charge in [-0.25, -0.2) is 0 Å². The Morgan fingerprint density at radius 1 is 1.90 bits per heavy atom. The van der Waals surface area contributed by atoms with Crippen LogP contribution in [0.4, 0.5) is 0 Å². The molecule has 3 N–H and O–H groups in total. The van der Waals surface area contributed by atoms with E-state index in [1.54, 1.807) is 13.0 Å². The first-order chi connectivity index (χ1) is 4.48. The third-order valence-corrected chi connectivity index (χ3v) is 1.17. The van der Waals surface area contributed by atoms with Crippen molar-refractivity contribution < 1.29 is 9.90 Å². The molecule has 0 aromatic heterocycles. The SMILES string of the molecule is C=CC[C@](C)(N)CC(=O)O. The lowest BCUT2D eigenvalue weighted by molar-refractivity contribution is -0.138. The maximum atomic E-state index is 10.2. The molecular formula is C7H13NO2. The Balaban J connectivity index is 3.85. The topological polar surface area (TPSA) is 63.3 Å². The fourth-order valence-corrected chi connectivity index (χ4v) is 0.747. The first-order valence-electron chi connectivity index (χ1n) is 3.09.